The molecule has 2 saturated heterocycles. The predicted molar refractivity (Wildman–Crippen MR) is 130 cm³/mol. The monoisotopic (exact) mass is 489 g/mol. The van der Waals surface area contributed by atoms with Gasteiger partial charge in [-0.2, -0.15) is 5.10 Å². The Labute approximate surface area is 205 Å². The smallest absolute Gasteiger partial charge is 0.248 e. The molecule has 0 radical (unpaired) electrons. The highest BCUT2D eigenvalue weighted by atomic mass is 19.3. The molecule has 9 heteroatoms. The summed E-state index contributed by atoms with van der Waals surface area (Å²) in [6.07, 6.45) is 7.44. The molecule has 0 aromatic carbocycles. The van der Waals surface area contributed by atoms with Gasteiger partial charge in [0.25, 0.3) is 0 Å². The second-order valence-electron chi connectivity index (χ2n) is 11.2. The number of carbonyl (C=O) groups excluding carboxylic acids is 1. The molecule has 2 aromatic heterocycles. The Kier molecular flexibility index (Phi) is 6.50. The number of piperidine rings is 1. The Bertz CT molecular complexity index is 1050. The largest absolute Gasteiger partial charge is 0.356 e. The molecule has 3 aliphatic rings. The molecule has 2 aliphatic heterocycles. The lowest BCUT2D eigenvalue weighted by atomic mass is 9.73. The zero-order valence-electron chi connectivity index (χ0n) is 20.7. The molecule has 2 N–H and O–H groups in total. The summed E-state index contributed by atoms with van der Waals surface area (Å²) in [5.74, 6) is -1.72. The number of fused-ring (bicyclic) bond motifs is 1. The highest BCUT2D eigenvalue weighted by Gasteiger charge is 2.43. The summed E-state index contributed by atoms with van der Waals surface area (Å²) in [6.45, 7) is 6.95. The highest BCUT2D eigenvalue weighted by Crippen LogP contribution is 2.43. The van der Waals surface area contributed by atoms with E-state index in [9.17, 15) is 18.7 Å². The van der Waals surface area contributed by atoms with Crippen molar-refractivity contribution in [3.05, 3.63) is 30.1 Å². The number of carbonyl (C=O) groups is 1. The van der Waals surface area contributed by atoms with Crippen LogP contribution in [0, 0.1) is 11.8 Å². The maximum absolute atomic E-state index is 13.7. The number of rotatable bonds is 5. The van der Waals surface area contributed by atoms with Gasteiger partial charge in [0.1, 0.15) is 0 Å². The van der Waals surface area contributed by atoms with Gasteiger partial charge in [0, 0.05) is 37.5 Å². The zero-order valence-corrected chi connectivity index (χ0v) is 20.7. The van der Waals surface area contributed by atoms with Crippen molar-refractivity contribution in [1.29, 1.82) is 0 Å². The minimum atomic E-state index is -2.48. The first-order valence-electron chi connectivity index (χ1n) is 13.0. The van der Waals surface area contributed by atoms with Gasteiger partial charge in [-0.05, 0) is 88.6 Å². The maximum Gasteiger partial charge on any atom is 0.248 e. The minimum absolute atomic E-state index is 0.0252. The number of aliphatic hydroxyl groups is 1. The fourth-order valence-corrected chi connectivity index (χ4v) is 6.30. The van der Waals surface area contributed by atoms with Crippen LogP contribution in [0.25, 0.3) is 5.52 Å². The third kappa shape index (κ3) is 5.03. The van der Waals surface area contributed by atoms with Crippen molar-refractivity contribution in [3.63, 3.8) is 0 Å². The predicted octanol–water partition coefficient (Wildman–Crippen LogP) is 3.80. The number of likely N-dealkylation sites (tertiary alicyclic amines) is 1. The van der Waals surface area contributed by atoms with Gasteiger partial charge in [0.05, 0.1) is 17.4 Å². The van der Waals surface area contributed by atoms with Crippen molar-refractivity contribution in [3.8, 4) is 0 Å². The standard InChI is InChI=1S/C26H37F2N5O2/c1-25(2,20-3-9-26(27,28)10-4-20)31-11-5-18(6-12-31)15-19-7-14-33-21(16-19)22(17-29-33)32-13-8-23(34)30-24(32)35/h7,14,16-18,20,24,35H,3-6,8-13,15H2,1-2H3,(H,30,34). The van der Waals surface area contributed by atoms with Gasteiger partial charge < -0.3 is 15.3 Å². The SMILES string of the molecule is CC(C)(C1CCC(F)(F)CC1)N1CCC(Cc2ccn3ncc(N4CCC(=O)NC4O)c3c2)CC1. The van der Waals surface area contributed by atoms with Crippen LogP contribution in [-0.4, -0.2) is 63.0 Å². The van der Waals surface area contributed by atoms with Crippen molar-refractivity contribution in [2.24, 2.45) is 11.8 Å². The lowest BCUT2D eigenvalue weighted by molar-refractivity contribution is -0.125. The van der Waals surface area contributed by atoms with E-state index >= 15 is 0 Å². The number of hydrogen-bond donors (Lipinski definition) is 2. The molecular formula is C26H37F2N5O2. The number of amides is 1. The summed E-state index contributed by atoms with van der Waals surface area (Å²) < 4.78 is 29.1. The third-order valence-electron chi connectivity index (χ3n) is 8.71. The molecule has 35 heavy (non-hydrogen) atoms. The first-order chi connectivity index (χ1) is 16.6. The van der Waals surface area contributed by atoms with Crippen LogP contribution in [0.5, 0.6) is 0 Å². The molecule has 0 bridgehead atoms. The highest BCUT2D eigenvalue weighted by molar-refractivity contribution is 5.81. The second kappa shape index (κ2) is 9.32. The topological polar surface area (TPSA) is 73.1 Å². The van der Waals surface area contributed by atoms with E-state index < -0.39 is 12.3 Å². The summed E-state index contributed by atoms with van der Waals surface area (Å²) in [4.78, 5) is 15.9. The van der Waals surface area contributed by atoms with Crippen LogP contribution in [0.4, 0.5) is 14.5 Å². The first kappa shape index (κ1) is 24.4. The number of aromatic nitrogens is 2. The number of pyridine rings is 1. The number of aliphatic hydroxyl groups excluding tert-OH is 1. The Morgan fingerprint density at radius 3 is 2.57 bits per heavy atom. The molecule has 1 atom stereocenters. The number of hydrogen-bond acceptors (Lipinski definition) is 5. The molecular weight excluding hydrogens is 452 g/mol. The zero-order chi connectivity index (χ0) is 24.8. The number of anilines is 1. The van der Waals surface area contributed by atoms with Crippen LogP contribution in [0.3, 0.4) is 0 Å². The van der Waals surface area contributed by atoms with Crippen LogP contribution in [0.2, 0.25) is 0 Å². The summed E-state index contributed by atoms with van der Waals surface area (Å²) in [7, 11) is 0. The number of alkyl halides is 2. The number of nitrogens with one attached hydrogen (secondary N) is 1. The van der Waals surface area contributed by atoms with E-state index in [2.05, 4.69) is 41.3 Å². The summed E-state index contributed by atoms with van der Waals surface area (Å²) in [5.41, 5.74) is 2.93. The maximum atomic E-state index is 13.7. The summed E-state index contributed by atoms with van der Waals surface area (Å²) in [5, 5.41) is 17.3. The molecule has 0 spiro atoms. The van der Waals surface area contributed by atoms with E-state index in [1.54, 1.807) is 15.6 Å². The van der Waals surface area contributed by atoms with Crippen LogP contribution in [0.1, 0.15) is 64.4 Å². The van der Waals surface area contributed by atoms with Gasteiger partial charge in [0.15, 0.2) is 0 Å². The fraction of sp³-hybridized carbons (Fsp3) is 0.692. The average Bonchev–Trinajstić information content (AvgIpc) is 3.22. The van der Waals surface area contributed by atoms with Gasteiger partial charge in [0.2, 0.25) is 18.2 Å². The Morgan fingerprint density at radius 2 is 1.89 bits per heavy atom. The fourth-order valence-electron chi connectivity index (χ4n) is 6.30. The van der Waals surface area contributed by atoms with Gasteiger partial charge in [-0.1, -0.05) is 0 Å². The van der Waals surface area contributed by atoms with Gasteiger partial charge in [-0.3, -0.25) is 9.69 Å². The molecule has 4 heterocycles. The normalized spacial score (nSPS) is 25.2. The van der Waals surface area contributed by atoms with E-state index in [4.69, 9.17) is 0 Å². The van der Waals surface area contributed by atoms with Crippen molar-refractivity contribution < 1.29 is 18.7 Å². The molecule has 1 amide bonds. The Hall–Kier alpha value is -2.26. The van der Waals surface area contributed by atoms with E-state index in [1.165, 1.54) is 5.56 Å². The van der Waals surface area contributed by atoms with Crippen molar-refractivity contribution in [1.82, 2.24) is 19.8 Å². The third-order valence-corrected chi connectivity index (χ3v) is 8.71. The van der Waals surface area contributed by atoms with Crippen LogP contribution in [0.15, 0.2) is 24.5 Å². The van der Waals surface area contributed by atoms with Gasteiger partial charge in [-0.15, -0.1) is 0 Å². The number of nitrogens with zero attached hydrogens (tertiary/aromatic N) is 4. The van der Waals surface area contributed by atoms with E-state index in [1.807, 2.05) is 6.20 Å². The lowest BCUT2D eigenvalue weighted by Gasteiger charge is -2.49. The molecule has 1 aliphatic carbocycles. The molecule has 5 rings (SSSR count). The molecule has 3 fully saturated rings. The van der Waals surface area contributed by atoms with E-state index in [-0.39, 0.29) is 24.3 Å². The van der Waals surface area contributed by atoms with Crippen LogP contribution < -0.4 is 10.2 Å². The summed E-state index contributed by atoms with van der Waals surface area (Å²) in [6, 6.07) is 4.25. The van der Waals surface area contributed by atoms with Gasteiger partial charge in [-0.25, -0.2) is 13.3 Å². The lowest BCUT2D eigenvalue weighted by Crippen LogP contribution is -2.54. The van der Waals surface area contributed by atoms with Crippen LogP contribution in [-0.2, 0) is 11.2 Å². The number of halogens is 2. The average molecular weight is 490 g/mol. The van der Waals surface area contributed by atoms with Crippen molar-refractivity contribution in [2.45, 2.75) is 83.0 Å². The van der Waals surface area contributed by atoms with Crippen LogP contribution >= 0.6 is 0 Å². The molecule has 7 nitrogen and oxygen atoms in total. The Balaban J connectivity index is 1.21. The molecule has 1 unspecified atom stereocenters. The quantitative estimate of drug-likeness (QED) is 0.669. The van der Waals surface area contributed by atoms with E-state index in [0.717, 1.165) is 43.6 Å². The molecule has 2 aromatic rings. The molecule has 192 valence electrons. The van der Waals surface area contributed by atoms with Gasteiger partial charge >= 0.3 is 0 Å². The summed E-state index contributed by atoms with van der Waals surface area (Å²) >= 11 is 0. The van der Waals surface area contributed by atoms with Crippen molar-refractivity contribution >= 4 is 17.1 Å². The first-order valence-corrected chi connectivity index (χ1v) is 13.0. The molecule has 1 saturated carbocycles. The van der Waals surface area contributed by atoms with E-state index in [0.29, 0.717) is 37.6 Å². The minimum Gasteiger partial charge on any atom is -0.356 e. The second-order valence-corrected chi connectivity index (χ2v) is 11.2. The Morgan fingerprint density at radius 1 is 1.17 bits per heavy atom. The van der Waals surface area contributed by atoms with Crippen molar-refractivity contribution in [2.75, 3.05) is 24.5 Å².